The molecule has 0 saturated carbocycles. The fourth-order valence-corrected chi connectivity index (χ4v) is 3.86. The van der Waals surface area contributed by atoms with E-state index in [4.69, 9.17) is 4.42 Å². The summed E-state index contributed by atoms with van der Waals surface area (Å²) in [6.07, 6.45) is 4.97. The number of aryl methyl sites for hydroxylation is 1. The number of amides is 1. The Balaban J connectivity index is 1.32. The third-order valence-electron chi connectivity index (χ3n) is 5.49. The van der Waals surface area contributed by atoms with Gasteiger partial charge >= 0.3 is 0 Å². The first-order valence-electron chi connectivity index (χ1n) is 9.65. The summed E-state index contributed by atoms with van der Waals surface area (Å²) in [6, 6.07) is 11.7. The van der Waals surface area contributed by atoms with E-state index in [1.165, 1.54) is 0 Å². The highest BCUT2D eigenvalue weighted by Crippen LogP contribution is 2.31. The van der Waals surface area contributed by atoms with Gasteiger partial charge in [0.15, 0.2) is 0 Å². The van der Waals surface area contributed by atoms with Crippen LogP contribution in [0.4, 0.5) is 0 Å². The maximum absolute atomic E-state index is 12.6. The maximum atomic E-state index is 12.6. The van der Waals surface area contributed by atoms with Crippen molar-refractivity contribution in [2.45, 2.75) is 18.8 Å². The lowest BCUT2D eigenvalue weighted by Gasteiger charge is -2.30. The van der Waals surface area contributed by atoms with E-state index in [-0.39, 0.29) is 11.8 Å². The standard InChI is InChI=1S/C21H20N6O2/c1-26-17(7-11-23-26)21(28)27-12-8-15(9-13-27)19-24-25-20(29-19)18-16-5-3-2-4-14(16)6-10-22-18/h2-7,10-11,15H,8-9,12-13H2,1H3. The molecule has 29 heavy (non-hydrogen) atoms. The number of hydrogen-bond donors (Lipinski definition) is 0. The zero-order valence-corrected chi connectivity index (χ0v) is 16.0. The first-order valence-corrected chi connectivity index (χ1v) is 9.65. The average molecular weight is 388 g/mol. The Labute approximate surface area is 167 Å². The Morgan fingerprint density at radius 3 is 2.69 bits per heavy atom. The van der Waals surface area contributed by atoms with Gasteiger partial charge in [0.1, 0.15) is 11.4 Å². The van der Waals surface area contributed by atoms with Crippen LogP contribution >= 0.6 is 0 Å². The molecule has 8 nitrogen and oxygen atoms in total. The molecule has 0 spiro atoms. The summed E-state index contributed by atoms with van der Waals surface area (Å²) < 4.78 is 7.61. The summed E-state index contributed by atoms with van der Waals surface area (Å²) in [6.45, 7) is 1.30. The number of nitrogens with zero attached hydrogens (tertiary/aromatic N) is 6. The third kappa shape index (κ3) is 3.16. The summed E-state index contributed by atoms with van der Waals surface area (Å²) in [5.74, 6) is 1.20. The molecule has 1 aliphatic heterocycles. The number of hydrogen-bond acceptors (Lipinski definition) is 6. The molecule has 4 heterocycles. The van der Waals surface area contributed by atoms with E-state index in [0.29, 0.717) is 36.3 Å². The van der Waals surface area contributed by atoms with Crippen LogP contribution in [0, 0.1) is 0 Å². The van der Waals surface area contributed by atoms with Crippen LogP contribution in [-0.2, 0) is 7.05 Å². The van der Waals surface area contributed by atoms with Gasteiger partial charge in [-0.3, -0.25) is 14.5 Å². The highest BCUT2D eigenvalue weighted by Gasteiger charge is 2.29. The van der Waals surface area contributed by atoms with Crippen molar-refractivity contribution in [3.63, 3.8) is 0 Å². The van der Waals surface area contributed by atoms with Crippen molar-refractivity contribution in [1.82, 2.24) is 29.9 Å². The van der Waals surface area contributed by atoms with Gasteiger partial charge in [-0.1, -0.05) is 24.3 Å². The number of pyridine rings is 1. The Morgan fingerprint density at radius 1 is 1.07 bits per heavy atom. The zero-order chi connectivity index (χ0) is 19.8. The van der Waals surface area contributed by atoms with Crippen LogP contribution in [0.25, 0.3) is 22.4 Å². The lowest BCUT2D eigenvalue weighted by Crippen LogP contribution is -2.38. The quantitative estimate of drug-likeness (QED) is 0.536. The molecule has 1 amide bonds. The monoisotopic (exact) mass is 388 g/mol. The minimum atomic E-state index is 0.00891. The van der Waals surface area contributed by atoms with Gasteiger partial charge in [-0.15, -0.1) is 10.2 Å². The summed E-state index contributed by atoms with van der Waals surface area (Å²) in [5.41, 5.74) is 1.30. The van der Waals surface area contributed by atoms with Crippen LogP contribution in [0.15, 0.2) is 53.2 Å². The Morgan fingerprint density at radius 2 is 1.90 bits per heavy atom. The number of rotatable bonds is 3. The molecule has 3 aromatic heterocycles. The normalized spacial score (nSPS) is 15.1. The van der Waals surface area contributed by atoms with Crippen molar-refractivity contribution < 1.29 is 9.21 Å². The van der Waals surface area contributed by atoms with Gasteiger partial charge in [-0.2, -0.15) is 5.10 Å². The summed E-state index contributed by atoms with van der Waals surface area (Å²) >= 11 is 0. The van der Waals surface area contributed by atoms with Gasteiger partial charge < -0.3 is 9.32 Å². The third-order valence-corrected chi connectivity index (χ3v) is 5.49. The van der Waals surface area contributed by atoms with Crippen LogP contribution in [0.5, 0.6) is 0 Å². The largest absolute Gasteiger partial charge is 0.419 e. The lowest BCUT2D eigenvalue weighted by molar-refractivity contribution is 0.0695. The number of piperidine rings is 1. The number of likely N-dealkylation sites (tertiary alicyclic amines) is 1. The van der Waals surface area contributed by atoms with Gasteiger partial charge in [0.25, 0.3) is 11.8 Å². The Kier molecular flexibility index (Phi) is 4.31. The molecule has 0 radical (unpaired) electrons. The molecule has 0 aliphatic carbocycles. The van der Waals surface area contributed by atoms with E-state index in [9.17, 15) is 4.79 Å². The van der Waals surface area contributed by atoms with Crippen molar-refractivity contribution in [2.75, 3.05) is 13.1 Å². The first kappa shape index (κ1) is 17.5. The summed E-state index contributed by atoms with van der Waals surface area (Å²) in [7, 11) is 1.78. The number of benzene rings is 1. The fourth-order valence-electron chi connectivity index (χ4n) is 3.86. The lowest BCUT2D eigenvalue weighted by atomic mass is 9.96. The zero-order valence-electron chi connectivity index (χ0n) is 16.0. The smallest absolute Gasteiger partial charge is 0.272 e. The SMILES string of the molecule is Cn1nccc1C(=O)N1CCC(c2nnc(-c3nccc4ccccc34)o2)CC1. The van der Waals surface area contributed by atoms with E-state index in [1.807, 2.05) is 35.2 Å². The van der Waals surface area contributed by atoms with Gasteiger partial charge in [0.2, 0.25) is 5.89 Å². The molecular formula is C21H20N6O2. The Bertz CT molecular complexity index is 1170. The summed E-state index contributed by atoms with van der Waals surface area (Å²) in [4.78, 5) is 19.0. The molecule has 8 heteroatoms. The van der Waals surface area contributed by atoms with Gasteiger partial charge in [-0.05, 0) is 30.4 Å². The van der Waals surface area contributed by atoms with E-state index in [2.05, 4.69) is 20.3 Å². The van der Waals surface area contributed by atoms with E-state index in [0.717, 1.165) is 23.6 Å². The highest BCUT2D eigenvalue weighted by atomic mass is 16.4. The van der Waals surface area contributed by atoms with Gasteiger partial charge in [0, 0.05) is 43.8 Å². The minimum Gasteiger partial charge on any atom is -0.419 e. The molecule has 1 aromatic carbocycles. The van der Waals surface area contributed by atoms with Crippen LogP contribution in [0.3, 0.4) is 0 Å². The predicted molar refractivity (Wildman–Crippen MR) is 106 cm³/mol. The second kappa shape index (κ2) is 7.12. The average Bonchev–Trinajstić information content (AvgIpc) is 3.42. The Hall–Kier alpha value is -3.55. The maximum Gasteiger partial charge on any atom is 0.272 e. The number of fused-ring (bicyclic) bond motifs is 1. The molecule has 0 bridgehead atoms. The second-order valence-electron chi connectivity index (χ2n) is 7.23. The summed E-state index contributed by atoms with van der Waals surface area (Å²) in [5, 5.41) is 14.7. The van der Waals surface area contributed by atoms with Gasteiger partial charge in [-0.25, -0.2) is 0 Å². The van der Waals surface area contributed by atoms with Crippen LogP contribution < -0.4 is 0 Å². The van der Waals surface area contributed by atoms with Crippen molar-refractivity contribution in [1.29, 1.82) is 0 Å². The van der Waals surface area contributed by atoms with Crippen molar-refractivity contribution in [3.8, 4) is 11.6 Å². The van der Waals surface area contributed by atoms with Crippen molar-refractivity contribution in [3.05, 3.63) is 60.4 Å². The number of aromatic nitrogens is 5. The van der Waals surface area contributed by atoms with Crippen molar-refractivity contribution in [2.24, 2.45) is 7.05 Å². The second-order valence-corrected chi connectivity index (χ2v) is 7.23. The molecule has 5 rings (SSSR count). The van der Waals surface area contributed by atoms with E-state index < -0.39 is 0 Å². The molecule has 0 unspecified atom stereocenters. The minimum absolute atomic E-state index is 0.00891. The molecule has 0 N–H and O–H groups in total. The number of carbonyl (C=O) groups is 1. The molecule has 4 aromatic rings. The van der Waals surface area contributed by atoms with Crippen molar-refractivity contribution >= 4 is 16.7 Å². The topological polar surface area (TPSA) is 89.9 Å². The van der Waals surface area contributed by atoms with Gasteiger partial charge in [0.05, 0.1) is 0 Å². The van der Waals surface area contributed by atoms with Crippen LogP contribution in [0.1, 0.15) is 35.1 Å². The van der Waals surface area contributed by atoms with Crippen LogP contribution in [-0.4, -0.2) is 48.9 Å². The first-order chi connectivity index (χ1) is 14.2. The van der Waals surface area contributed by atoms with E-state index >= 15 is 0 Å². The predicted octanol–water partition coefficient (Wildman–Crippen LogP) is 3.04. The molecule has 1 aliphatic rings. The molecule has 1 fully saturated rings. The van der Waals surface area contributed by atoms with Crippen LogP contribution in [0.2, 0.25) is 0 Å². The van der Waals surface area contributed by atoms with E-state index in [1.54, 1.807) is 30.2 Å². The highest BCUT2D eigenvalue weighted by molar-refractivity contribution is 5.93. The molecule has 0 atom stereocenters. The fraction of sp³-hybridized carbons (Fsp3) is 0.286. The number of carbonyl (C=O) groups excluding carboxylic acids is 1. The molecule has 1 saturated heterocycles. The molecular weight excluding hydrogens is 368 g/mol. The molecule has 146 valence electrons.